The molecule has 0 fully saturated rings. The van der Waals surface area contributed by atoms with E-state index in [0.29, 0.717) is 0 Å². The van der Waals surface area contributed by atoms with E-state index in [1.54, 1.807) is 7.11 Å². The van der Waals surface area contributed by atoms with Gasteiger partial charge in [-0.25, -0.2) is 0 Å². The van der Waals surface area contributed by atoms with Gasteiger partial charge < -0.3 is 15.2 Å². The van der Waals surface area contributed by atoms with Crippen molar-refractivity contribution < 1.29 is 9.47 Å². The maximum absolute atomic E-state index is 6.21. The lowest BCUT2D eigenvalue weighted by atomic mass is 9.85. The Morgan fingerprint density at radius 1 is 1.59 bits per heavy atom. The lowest BCUT2D eigenvalue weighted by Gasteiger charge is -2.41. The molecule has 0 bridgehead atoms. The Kier molecular flexibility index (Phi) is 3.48. The van der Waals surface area contributed by atoms with E-state index in [2.05, 4.69) is 15.9 Å². The normalized spacial score (nSPS) is 29.4. The first-order valence-corrected chi connectivity index (χ1v) is 6.52. The van der Waals surface area contributed by atoms with Crippen molar-refractivity contribution in [3.63, 3.8) is 0 Å². The van der Waals surface area contributed by atoms with E-state index in [1.165, 1.54) is 0 Å². The Morgan fingerprint density at radius 2 is 2.29 bits per heavy atom. The van der Waals surface area contributed by atoms with Gasteiger partial charge in [0.1, 0.15) is 11.4 Å². The molecule has 0 aromatic heterocycles. The Labute approximate surface area is 110 Å². The zero-order valence-electron chi connectivity index (χ0n) is 10.4. The first-order chi connectivity index (χ1) is 7.96. The molecular weight excluding hydrogens is 282 g/mol. The number of nitrogens with two attached hydrogens (primary N) is 1. The van der Waals surface area contributed by atoms with Crippen LogP contribution in [0, 0.1) is 0 Å². The van der Waals surface area contributed by atoms with E-state index in [1.807, 2.05) is 32.0 Å². The van der Waals surface area contributed by atoms with Gasteiger partial charge in [-0.15, -0.1) is 0 Å². The molecule has 1 heterocycles. The van der Waals surface area contributed by atoms with Crippen molar-refractivity contribution >= 4 is 15.9 Å². The molecule has 1 aliphatic rings. The molecule has 3 atom stereocenters. The number of fused-ring (bicyclic) bond motifs is 1. The molecule has 1 aromatic rings. The molecule has 0 radical (unpaired) electrons. The SMILES string of the molecule is COC(C)C1(C)CC(N)c2ccc(Br)cc2O1. The zero-order chi connectivity index (χ0) is 12.6. The van der Waals surface area contributed by atoms with E-state index < -0.39 is 0 Å². The van der Waals surface area contributed by atoms with Crippen LogP contribution < -0.4 is 10.5 Å². The number of hydrogen-bond donors (Lipinski definition) is 1. The zero-order valence-corrected chi connectivity index (χ0v) is 12.0. The van der Waals surface area contributed by atoms with Crippen molar-refractivity contribution in [2.24, 2.45) is 5.73 Å². The second-order valence-electron chi connectivity index (χ2n) is 4.79. The number of methoxy groups -OCH3 is 1. The van der Waals surface area contributed by atoms with Gasteiger partial charge in [-0.05, 0) is 26.0 Å². The highest BCUT2D eigenvalue weighted by Crippen LogP contribution is 2.41. The van der Waals surface area contributed by atoms with Crippen LogP contribution in [0.15, 0.2) is 22.7 Å². The van der Waals surface area contributed by atoms with Crippen molar-refractivity contribution in [3.05, 3.63) is 28.2 Å². The molecule has 0 amide bonds. The second kappa shape index (κ2) is 4.59. The van der Waals surface area contributed by atoms with Crippen LogP contribution in [0.5, 0.6) is 5.75 Å². The summed E-state index contributed by atoms with van der Waals surface area (Å²) in [6.45, 7) is 4.06. The maximum atomic E-state index is 6.21. The summed E-state index contributed by atoms with van der Waals surface area (Å²) < 4.78 is 12.5. The quantitative estimate of drug-likeness (QED) is 0.913. The summed E-state index contributed by atoms with van der Waals surface area (Å²) in [6.07, 6.45) is 0.761. The van der Waals surface area contributed by atoms with Crippen LogP contribution in [0.3, 0.4) is 0 Å². The summed E-state index contributed by atoms with van der Waals surface area (Å²) in [4.78, 5) is 0. The highest BCUT2D eigenvalue weighted by atomic mass is 79.9. The minimum atomic E-state index is -0.373. The van der Waals surface area contributed by atoms with Crippen molar-refractivity contribution in [2.45, 2.75) is 38.0 Å². The fourth-order valence-corrected chi connectivity index (χ4v) is 2.58. The van der Waals surface area contributed by atoms with Gasteiger partial charge in [-0.3, -0.25) is 0 Å². The molecule has 1 aromatic carbocycles. The smallest absolute Gasteiger partial charge is 0.134 e. The van der Waals surface area contributed by atoms with Gasteiger partial charge in [0.25, 0.3) is 0 Å². The fourth-order valence-electron chi connectivity index (χ4n) is 2.24. The highest BCUT2D eigenvalue weighted by molar-refractivity contribution is 9.10. The van der Waals surface area contributed by atoms with Crippen molar-refractivity contribution in [3.8, 4) is 5.75 Å². The topological polar surface area (TPSA) is 44.5 Å². The summed E-state index contributed by atoms with van der Waals surface area (Å²) >= 11 is 3.45. The van der Waals surface area contributed by atoms with Crippen molar-refractivity contribution in [1.82, 2.24) is 0 Å². The first kappa shape index (κ1) is 12.9. The van der Waals surface area contributed by atoms with Gasteiger partial charge in [0.15, 0.2) is 0 Å². The molecule has 0 aliphatic carbocycles. The highest BCUT2D eigenvalue weighted by Gasteiger charge is 2.40. The Morgan fingerprint density at radius 3 is 2.94 bits per heavy atom. The van der Waals surface area contributed by atoms with Gasteiger partial charge in [0.2, 0.25) is 0 Å². The third kappa shape index (κ3) is 2.34. The monoisotopic (exact) mass is 299 g/mol. The summed E-state index contributed by atoms with van der Waals surface area (Å²) in [6, 6.07) is 5.97. The largest absolute Gasteiger partial charge is 0.484 e. The third-order valence-corrected chi connectivity index (χ3v) is 4.05. The first-order valence-electron chi connectivity index (χ1n) is 5.73. The maximum Gasteiger partial charge on any atom is 0.134 e. The molecule has 4 heteroatoms. The Bertz CT molecular complexity index is 424. The van der Waals surface area contributed by atoms with Gasteiger partial charge in [0, 0.05) is 29.6 Å². The second-order valence-corrected chi connectivity index (χ2v) is 5.70. The van der Waals surface area contributed by atoms with E-state index in [-0.39, 0.29) is 17.7 Å². The molecule has 1 aliphatic heterocycles. The van der Waals surface area contributed by atoms with E-state index in [4.69, 9.17) is 15.2 Å². The molecule has 17 heavy (non-hydrogen) atoms. The lowest BCUT2D eigenvalue weighted by Crippen LogP contribution is -2.49. The minimum absolute atomic E-state index is 0.000631. The standard InChI is InChI=1S/C13H18BrNO2/c1-8(16-3)13(2)7-11(15)10-5-4-9(14)6-12(10)17-13/h4-6,8,11H,7,15H2,1-3H3. The van der Waals surface area contributed by atoms with Gasteiger partial charge >= 0.3 is 0 Å². The van der Waals surface area contributed by atoms with E-state index >= 15 is 0 Å². The summed E-state index contributed by atoms with van der Waals surface area (Å²) in [7, 11) is 1.70. The van der Waals surface area contributed by atoms with Crippen LogP contribution in [-0.4, -0.2) is 18.8 Å². The van der Waals surface area contributed by atoms with Crippen LogP contribution in [-0.2, 0) is 4.74 Å². The van der Waals surface area contributed by atoms with Gasteiger partial charge in [0.05, 0.1) is 6.10 Å². The molecule has 2 N–H and O–H groups in total. The molecule has 3 unspecified atom stereocenters. The summed E-state index contributed by atoms with van der Waals surface area (Å²) in [5, 5.41) is 0. The number of ether oxygens (including phenoxy) is 2. The third-order valence-electron chi connectivity index (χ3n) is 3.56. The number of hydrogen-bond acceptors (Lipinski definition) is 3. The molecule has 0 saturated heterocycles. The molecule has 94 valence electrons. The summed E-state index contributed by atoms with van der Waals surface area (Å²) in [5.74, 6) is 0.851. The molecule has 3 nitrogen and oxygen atoms in total. The molecule has 0 saturated carbocycles. The minimum Gasteiger partial charge on any atom is -0.484 e. The van der Waals surface area contributed by atoms with Crippen molar-refractivity contribution in [2.75, 3.05) is 7.11 Å². The van der Waals surface area contributed by atoms with Gasteiger partial charge in [-0.2, -0.15) is 0 Å². The van der Waals surface area contributed by atoms with Crippen LogP contribution in [0.1, 0.15) is 31.9 Å². The Hall–Kier alpha value is -0.580. The number of benzene rings is 1. The van der Waals surface area contributed by atoms with Gasteiger partial charge in [-0.1, -0.05) is 22.0 Å². The van der Waals surface area contributed by atoms with E-state index in [0.717, 1.165) is 22.2 Å². The summed E-state index contributed by atoms with van der Waals surface area (Å²) in [5.41, 5.74) is 6.90. The molecular formula is C13H18BrNO2. The van der Waals surface area contributed by atoms with Crippen LogP contribution in [0.25, 0.3) is 0 Å². The molecule has 0 spiro atoms. The average Bonchev–Trinajstić information content (AvgIpc) is 2.26. The predicted octanol–water partition coefficient (Wildman–Crippen LogP) is 3.03. The average molecular weight is 300 g/mol. The number of halogens is 1. The van der Waals surface area contributed by atoms with Crippen LogP contribution in [0.2, 0.25) is 0 Å². The molecule has 2 rings (SSSR count). The van der Waals surface area contributed by atoms with Crippen molar-refractivity contribution in [1.29, 1.82) is 0 Å². The predicted molar refractivity (Wildman–Crippen MR) is 71.2 cm³/mol. The lowest BCUT2D eigenvalue weighted by molar-refractivity contribution is -0.0707. The Balaban J connectivity index is 2.37. The number of rotatable bonds is 2. The van der Waals surface area contributed by atoms with E-state index in [9.17, 15) is 0 Å². The van der Waals surface area contributed by atoms with Crippen LogP contribution in [0.4, 0.5) is 0 Å². The fraction of sp³-hybridized carbons (Fsp3) is 0.538. The van der Waals surface area contributed by atoms with Crippen LogP contribution >= 0.6 is 15.9 Å².